The van der Waals surface area contributed by atoms with Gasteiger partial charge in [0.05, 0.1) is 6.61 Å². The molecule has 3 N–H and O–H groups in total. The van der Waals surface area contributed by atoms with Crippen LogP contribution in [0.5, 0.6) is 5.75 Å². The average molecular weight is 282 g/mol. The molecule has 0 amide bonds. The summed E-state index contributed by atoms with van der Waals surface area (Å²) in [6, 6.07) is 19.1. The second-order valence-corrected chi connectivity index (χ2v) is 5.66. The first-order valence-electron chi connectivity index (χ1n) is 7.58. The van der Waals surface area contributed by atoms with E-state index in [1.165, 1.54) is 11.1 Å². The number of ether oxygens (including phenoxy) is 1. The molecule has 3 nitrogen and oxygen atoms in total. The summed E-state index contributed by atoms with van der Waals surface area (Å²) in [5.74, 6) is 7.32. The molecule has 0 saturated heterocycles. The van der Waals surface area contributed by atoms with E-state index >= 15 is 0 Å². The fourth-order valence-corrected chi connectivity index (χ4v) is 3.11. The van der Waals surface area contributed by atoms with Gasteiger partial charge < -0.3 is 4.74 Å². The van der Waals surface area contributed by atoms with Crippen LogP contribution in [0.4, 0.5) is 0 Å². The molecule has 0 saturated carbocycles. The van der Waals surface area contributed by atoms with Gasteiger partial charge >= 0.3 is 0 Å². The Kier molecular flexibility index (Phi) is 4.53. The summed E-state index contributed by atoms with van der Waals surface area (Å²) in [6.45, 7) is 0.796. The molecule has 2 aromatic rings. The molecule has 3 heteroatoms. The van der Waals surface area contributed by atoms with Crippen molar-refractivity contribution in [3.8, 4) is 5.75 Å². The molecule has 2 aromatic carbocycles. The zero-order valence-electron chi connectivity index (χ0n) is 12.2. The molecule has 0 aromatic heterocycles. The van der Waals surface area contributed by atoms with E-state index in [1.54, 1.807) is 0 Å². The highest BCUT2D eigenvalue weighted by molar-refractivity contribution is 5.37. The lowest BCUT2D eigenvalue weighted by Crippen LogP contribution is -2.38. The van der Waals surface area contributed by atoms with E-state index in [-0.39, 0.29) is 6.04 Å². The number of hydrogen-bond donors (Lipinski definition) is 2. The highest BCUT2D eigenvalue weighted by Crippen LogP contribution is 2.36. The standard InChI is InChI=1S/C18H22N2O/c19-20-16(12-14-6-2-1-3-7-14)13-15-10-11-21-18-9-5-4-8-17(15)18/h1-9,15-16,20H,10-13,19H2. The van der Waals surface area contributed by atoms with E-state index in [0.29, 0.717) is 5.92 Å². The van der Waals surface area contributed by atoms with Gasteiger partial charge in [0.15, 0.2) is 0 Å². The summed E-state index contributed by atoms with van der Waals surface area (Å²) in [6.07, 6.45) is 3.05. The van der Waals surface area contributed by atoms with Crippen LogP contribution < -0.4 is 16.0 Å². The smallest absolute Gasteiger partial charge is 0.122 e. The number of fused-ring (bicyclic) bond motifs is 1. The summed E-state index contributed by atoms with van der Waals surface area (Å²) < 4.78 is 5.74. The van der Waals surface area contributed by atoms with Crippen LogP contribution in [-0.2, 0) is 6.42 Å². The molecule has 0 radical (unpaired) electrons. The van der Waals surface area contributed by atoms with Gasteiger partial charge in [0, 0.05) is 6.04 Å². The van der Waals surface area contributed by atoms with Crippen LogP contribution in [0, 0.1) is 0 Å². The summed E-state index contributed by atoms with van der Waals surface area (Å²) >= 11 is 0. The Morgan fingerprint density at radius 3 is 2.67 bits per heavy atom. The average Bonchev–Trinajstić information content (AvgIpc) is 2.55. The number of hydrazine groups is 1. The third kappa shape index (κ3) is 3.43. The normalized spacial score (nSPS) is 18.6. The van der Waals surface area contributed by atoms with Gasteiger partial charge in [-0.1, -0.05) is 48.5 Å². The molecule has 110 valence electrons. The van der Waals surface area contributed by atoms with E-state index in [4.69, 9.17) is 10.6 Å². The minimum absolute atomic E-state index is 0.281. The molecule has 0 bridgehead atoms. The van der Waals surface area contributed by atoms with Crippen LogP contribution >= 0.6 is 0 Å². The third-order valence-electron chi connectivity index (χ3n) is 4.21. The molecule has 0 fully saturated rings. The zero-order valence-corrected chi connectivity index (χ0v) is 12.2. The summed E-state index contributed by atoms with van der Waals surface area (Å²) in [4.78, 5) is 0. The van der Waals surface area contributed by atoms with E-state index in [9.17, 15) is 0 Å². The molecule has 0 aliphatic carbocycles. The van der Waals surface area contributed by atoms with Crippen molar-refractivity contribution in [2.45, 2.75) is 31.2 Å². The lowest BCUT2D eigenvalue weighted by atomic mass is 9.86. The maximum Gasteiger partial charge on any atom is 0.122 e. The molecule has 1 aliphatic heterocycles. The highest BCUT2D eigenvalue weighted by atomic mass is 16.5. The topological polar surface area (TPSA) is 47.3 Å². The van der Waals surface area contributed by atoms with E-state index in [0.717, 1.165) is 31.6 Å². The Labute approximate surface area is 126 Å². The van der Waals surface area contributed by atoms with Gasteiger partial charge in [0.2, 0.25) is 0 Å². The van der Waals surface area contributed by atoms with Crippen LogP contribution in [-0.4, -0.2) is 12.6 Å². The summed E-state index contributed by atoms with van der Waals surface area (Å²) in [5, 5.41) is 0. The Balaban J connectivity index is 1.70. The first-order chi connectivity index (χ1) is 10.4. The molecule has 2 atom stereocenters. The van der Waals surface area contributed by atoms with Gasteiger partial charge in [-0.25, -0.2) is 0 Å². The minimum atomic E-state index is 0.281. The molecule has 1 aliphatic rings. The van der Waals surface area contributed by atoms with E-state index in [2.05, 4.69) is 47.9 Å². The number of para-hydroxylation sites is 1. The van der Waals surface area contributed by atoms with Gasteiger partial charge in [-0.2, -0.15) is 0 Å². The number of rotatable bonds is 5. The molecule has 3 rings (SSSR count). The summed E-state index contributed by atoms with van der Waals surface area (Å²) in [5.41, 5.74) is 5.62. The maximum atomic E-state index is 5.78. The number of hydrogen-bond acceptors (Lipinski definition) is 3. The molecular formula is C18H22N2O. The lowest BCUT2D eigenvalue weighted by Gasteiger charge is -2.29. The van der Waals surface area contributed by atoms with Gasteiger partial charge in [0.1, 0.15) is 5.75 Å². The maximum absolute atomic E-state index is 5.78. The molecule has 2 unspecified atom stereocenters. The Hall–Kier alpha value is -1.84. The largest absolute Gasteiger partial charge is 0.493 e. The van der Waals surface area contributed by atoms with Crippen molar-refractivity contribution in [2.75, 3.05) is 6.61 Å². The molecular weight excluding hydrogens is 260 g/mol. The highest BCUT2D eigenvalue weighted by Gasteiger charge is 2.24. The van der Waals surface area contributed by atoms with Crippen LogP contribution in [0.25, 0.3) is 0 Å². The van der Waals surface area contributed by atoms with E-state index in [1.807, 2.05) is 12.1 Å². The van der Waals surface area contributed by atoms with Crippen LogP contribution in [0.15, 0.2) is 54.6 Å². The van der Waals surface area contributed by atoms with Gasteiger partial charge in [-0.05, 0) is 42.4 Å². The van der Waals surface area contributed by atoms with Crippen molar-refractivity contribution >= 4 is 0 Å². The Morgan fingerprint density at radius 2 is 1.86 bits per heavy atom. The van der Waals surface area contributed by atoms with Gasteiger partial charge in [-0.15, -0.1) is 0 Å². The lowest BCUT2D eigenvalue weighted by molar-refractivity contribution is 0.254. The van der Waals surface area contributed by atoms with Crippen molar-refractivity contribution in [1.29, 1.82) is 0 Å². The fourth-order valence-electron chi connectivity index (χ4n) is 3.11. The minimum Gasteiger partial charge on any atom is -0.493 e. The number of nitrogens with one attached hydrogen (secondary N) is 1. The monoisotopic (exact) mass is 282 g/mol. The Morgan fingerprint density at radius 1 is 1.10 bits per heavy atom. The first kappa shape index (κ1) is 14.1. The van der Waals surface area contributed by atoms with Crippen molar-refractivity contribution in [1.82, 2.24) is 5.43 Å². The zero-order chi connectivity index (χ0) is 14.5. The predicted molar refractivity (Wildman–Crippen MR) is 85.2 cm³/mol. The Bertz CT molecular complexity index is 570. The van der Waals surface area contributed by atoms with Crippen molar-refractivity contribution in [3.63, 3.8) is 0 Å². The SMILES string of the molecule is NNC(Cc1ccccc1)CC1CCOc2ccccc21. The van der Waals surface area contributed by atoms with Crippen molar-refractivity contribution < 1.29 is 4.74 Å². The second kappa shape index (κ2) is 6.74. The van der Waals surface area contributed by atoms with Gasteiger partial charge in [-0.3, -0.25) is 11.3 Å². The summed E-state index contributed by atoms with van der Waals surface area (Å²) in [7, 11) is 0. The number of benzene rings is 2. The third-order valence-corrected chi connectivity index (χ3v) is 4.21. The van der Waals surface area contributed by atoms with Crippen molar-refractivity contribution in [2.24, 2.45) is 5.84 Å². The van der Waals surface area contributed by atoms with Crippen LogP contribution in [0.2, 0.25) is 0 Å². The number of nitrogens with two attached hydrogens (primary N) is 1. The first-order valence-corrected chi connectivity index (χ1v) is 7.58. The quantitative estimate of drug-likeness (QED) is 0.654. The molecule has 0 spiro atoms. The molecule has 21 heavy (non-hydrogen) atoms. The van der Waals surface area contributed by atoms with Crippen molar-refractivity contribution in [3.05, 3.63) is 65.7 Å². The van der Waals surface area contributed by atoms with E-state index < -0.39 is 0 Å². The fraction of sp³-hybridized carbons (Fsp3) is 0.333. The van der Waals surface area contributed by atoms with Crippen LogP contribution in [0.1, 0.15) is 29.9 Å². The second-order valence-electron chi connectivity index (χ2n) is 5.66. The predicted octanol–water partition coefficient (Wildman–Crippen LogP) is 3.02. The van der Waals surface area contributed by atoms with Gasteiger partial charge in [0.25, 0.3) is 0 Å². The molecule has 1 heterocycles. The van der Waals surface area contributed by atoms with Crippen LogP contribution in [0.3, 0.4) is 0 Å².